The molecule has 25 heavy (non-hydrogen) atoms. The van der Waals surface area contributed by atoms with Crippen LogP contribution in [0.2, 0.25) is 0 Å². The number of nitrogens with zero attached hydrogens (tertiary/aromatic N) is 5. The molecule has 2 aromatic rings. The van der Waals surface area contributed by atoms with Crippen LogP contribution in [0.4, 0.5) is 22.0 Å². The van der Waals surface area contributed by atoms with E-state index in [0.29, 0.717) is 0 Å². The predicted octanol–water partition coefficient (Wildman–Crippen LogP) is 2.32. The molecular formula is C13HF5LiN6. The Kier molecular flexibility index (Phi) is 5.12. The zero-order valence-electron chi connectivity index (χ0n) is 12.1. The summed E-state index contributed by atoms with van der Waals surface area (Å²) in [4.78, 5) is 4.70. The standard InChI is InChI=1S/C13HF5N6.Li/c14-12(15,13(16,17)18)11-23-9-7(3-21)5(1-19)6(2-20)8(4-22)10(9)24-11;/h(H,23,24);. The van der Waals surface area contributed by atoms with Crippen molar-refractivity contribution in [2.24, 2.45) is 0 Å². The molecule has 0 bridgehead atoms. The molecular weight excluding hydrogens is 342 g/mol. The van der Waals surface area contributed by atoms with Gasteiger partial charge >= 0.3 is 12.1 Å². The first-order valence-corrected chi connectivity index (χ1v) is 5.79. The van der Waals surface area contributed by atoms with E-state index in [0.717, 1.165) is 0 Å². The van der Waals surface area contributed by atoms with Crippen molar-refractivity contribution >= 4 is 29.9 Å². The Bertz CT molecular complexity index is 957. The smallest absolute Gasteiger partial charge is 0.335 e. The molecule has 0 saturated heterocycles. The Morgan fingerprint density at radius 2 is 1.20 bits per heavy atom. The van der Waals surface area contributed by atoms with Gasteiger partial charge in [-0.25, -0.2) is 4.98 Å². The minimum absolute atomic E-state index is 0. The number of H-pyrrole nitrogens is 1. The maximum atomic E-state index is 13.4. The van der Waals surface area contributed by atoms with E-state index in [1.54, 1.807) is 4.98 Å². The van der Waals surface area contributed by atoms with Gasteiger partial charge in [-0.2, -0.15) is 43.0 Å². The van der Waals surface area contributed by atoms with E-state index in [-0.39, 0.29) is 18.9 Å². The normalized spacial score (nSPS) is 10.9. The fourth-order valence-corrected chi connectivity index (χ4v) is 1.96. The van der Waals surface area contributed by atoms with Crippen LogP contribution in [0, 0.1) is 45.3 Å². The van der Waals surface area contributed by atoms with E-state index >= 15 is 0 Å². The number of hydrogen-bond donors (Lipinski definition) is 1. The van der Waals surface area contributed by atoms with Crippen LogP contribution in [0.3, 0.4) is 0 Å². The predicted molar refractivity (Wildman–Crippen MR) is 70.7 cm³/mol. The molecule has 0 aliphatic rings. The molecule has 0 aliphatic heterocycles. The molecule has 2 rings (SSSR count). The van der Waals surface area contributed by atoms with E-state index in [2.05, 4.69) is 4.98 Å². The molecule has 0 amide bonds. The third kappa shape index (κ3) is 2.77. The van der Waals surface area contributed by atoms with Gasteiger partial charge in [0.15, 0.2) is 5.82 Å². The molecule has 119 valence electrons. The molecule has 0 atom stereocenters. The fourth-order valence-electron chi connectivity index (χ4n) is 1.96. The Morgan fingerprint density at radius 3 is 1.60 bits per heavy atom. The minimum atomic E-state index is -5.98. The molecule has 0 saturated carbocycles. The number of alkyl halides is 5. The van der Waals surface area contributed by atoms with Gasteiger partial charge in [0.05, 0.1) is 27.8 Å². The second-order valence-corrected chi connectivity index (χ2v) is 4.33. The van der Waals surface area contributed by atoms with Gasteiger partial charge in [-0.05, 0) is 0 Å². The second-order valence-electron chi connectivity index (χ2n) is 4.33. The molecule has 0 fully saturated rings. The third-order valence-corrected chi connectivity index (χ3v) is 3.04. The summed E-state index contributed by atoms with van der Waals surface area (Å²) in [5.41, 5.74) is -3.94. The second kappa shape index (κ2) is 6.42. The molecule has 0 unspecified atom stereocenters. The van der Waals surface area contributed by atoms with Gasteiger partial charge in [0.2, 0.25) is 0 Å². The van der Waals surface area contributed by atoms with E-state index in [9.17, 15) is 22.0 Å². The number of halogens is 5. The van der Waals surface area contributed by atoms with Gasteiger partial charge in [0, 0.05) is 18.9 Å². The van der Waals surface area contributed by atoms with Crippen molar-refractivity contribution in [1.82, 2.24) is 9.97 Å². The van der Waals surface area contributed by atoms with Gasteiger partial charge in [0.1, 0.15) is 29.8 Å². The average Bonchev–Trinajstić information content (AvgIpc) is 2.96. The number of fused-ring (bicyclic) bond motifs is 1. The Labute approximate surface area is 147 Å². The summed E-state index contributed by atoms with van der Waals surface area (Å²) in [5.74, 6) is -7.23. The van der Waals surface area contributed by atoms with E-state index < -0.39 is 51.2 Å². The molecule has 0 spiro atoms. The van der Waals surface area contributed by atoms with Crippen LogP contribution in [0.1, 0.15) is 28.1 Å². The summed E-state index contributed by atoms with van der Waals surface area (Å²) in [6.07, 6.45) is -5.98. The zero-order chi connectivity index (χ0) is 18.3. The van der Waals surface area contributed by atoms with Crippen molar-refractivity contribution in [1.29, 1.82) is 21.0 Å². The number of nitrogens with one attached hydrogen (secondary N) is 1. The van der Waals surface area contributed by atoms with Gasteiger partial charge in [-0.15, -0.1) is 0 Å². The van der Waals surface area contributed by atoms with Crippen LogP contribution in [-0.4, -0.2) is 35.0 Å². The zero-order valence-corrected chi connectivity index (χ0v) is 12.1. The quantitative estimate of drug-likeness (QED) is 0.628. The van der Waals surface area contributed by atoms with Crippen LogP contribution in [-0.2, 0) is 5.92 Å². The number of imidazole rings is 1. The summed E-state index contributed by atoms with van der Waals surface area (Å²) in [6.45, 7) is 0. The van der Waals surface area contributed by atoms with Crippen LogP contribution < -0.4 is 0 Å². The van der Waals surface area contributed by atoms with Gasteiger partial charge in [0.25, 0.3) is 0 Å². The topological polar surface area (TPSA) is 124 Å². The molecule has 1 aromatic heterocycles. The first-order chi connectivity index (χ1) is 11.1. The molecule has 1 radical (unpaired) electrons. The SMILES string of the molecule is N#Cc1c(C#N)c(C#N)c2[nH]c(C(F)(F)C(F)(F)F)nc2c1C#N.[Li]. The molecule has 12 heteroatoms. The molecule has 1 aromatic carbocycles. The van der Waals surface area contributed by atoms with Gasteiger partial charge < -0.3 is 4.98 Å². The van der Waals surface area contributed by atoms with Crippen molar-refractivity contribution < 1.29 is 22.0 Å². The Morgan fingerprint density at radius 1 is 0.760 bits per heavy atom. The number of aromatic nitrogens is 2. The molecule has 1 N–H and O–H groups in total. The van der Waals surface area contributed by atoms with Gasteiger partial charge in [-0.1, -0.05) is 0 Å². The Hall–Kier alpha value is -3.10. The molecule has 6 nitrogen and oxygen atoms in total. The maximum Gasteiger partial charge on any atom is 0.461 e. The summed E-state index contributed by atoms with van der Waals surface area (Å²) < 4.78 is 64.2. The Balaban J connectivity index is 0.00000312. The maximum absolute atomic E-state index is 13.4. The van der Waals surface area contributed by atoms with Gasteiger partial charge in [-0.3, -0.25) is 0 Å². The van der Waals surface area contributed by atoms with E-state index in [4.69, 9.17) is 21.0 Å². The summed E-state index contributed by atoms with van der Waals surface area (Å²) >= 11 is 0. The summed E-state index contributed by atoms with van der Waals surface area (Å²) in [7, 11) is 0. The molecule has 0 aliphatic carbocycles. The third-order valence-electron chi connectivity index (χ3n) is 3.04. The number of hydrogen-bond acceptors (Lipinski definition) is 5. The van der Waals surface area contributed by atoms with Crippen LogP contribution >= 0.6 is 0 Å². The number of rotatable bonds is 1. The van der Waals surface area contributed by atoms with Crippen molar-refractivity contribution in [3.8, 4) is 24.3 Å². The molecule has 1 heterocycles. The number of nitriles is 4. The van der Waals surface area contributed by atoms with E-state index in [1.807, 2.05) is 0 Å². The van der Waals surface area contributed by atoms with E-state index in [1.165, 1.54) is 24.3 Å². The first-order valence-electron chi connectivity index (χ1n) is 5.79. The number of benzene rings is 1. The summed E-state index contributed by atoms with van der Waals surface area (Å²) in [6, 6.07) is 5.77. The average molecular weight is 343 g/mol. The first kappa shape index (κ1) is 19.9. The summed E-state index contributed by atoms with van der Waals surface area (Å²) in [5, 5.41) is 36.1. The number of aromatic amines is 1. The van der Waals surface area contributed by atoms with Crippen molar-refractivity contribution in [3.05, 3.63) is 28.1 Å². The fraction of sp³-hybridized carbons (Fsp3) is 0.154. The van der Waals surface area contributed by atoms with Crippen molar-refractivity contribution in [2.75, 3.05) is 0 Å². The van der Waals surface area contributed by atoms with Crippen LogP contribution in [0.15, 0.2) is 0 Å². The van der Waals surface area contributed by atoms with Crippen molar-refractivity contribution in [2.45, 2.75) is 12.1 Å². The monoisotopic (exact) mass is 343 g/mol. The van der Waals surface area contributed by atoms with Crippen molar-refractivity contribution in [3.63, 3.8) is 0 Å². The van der Waals surface area contributed by atoms with Crippen LogP contribution in [0.5, 0.6) is 0 Å². The van der Waals surface area contributed by atoms with Crippen LogP contribution in [0.25, 0.3) is 11.0 Å². The minimum Gasteiger partial charge on any atom is -0.335 e. The largest absolute Gasteiger partial charge is 0.461 e.